The van der Waals surface area contributed by atoms with Gasteiger partial charge in [0, 0.05) is 11.3 Å². The average Bonchev–Trinajstić information content (AvgIpc) is 2.67. The van der Waals surface area contributed by atoms with E-state index in [1.165, 1.54) is 26.4 Å². The van der Waals surface area contributed by atoms with Crippen molar-refractivity contribution in [3.63, 3.8) is 0 Å². The van der Waals surface area contributed by atoms with Gasteiger partial charge in [0.2, 0.25) is 0 Å². The maximum Gasteiger partial charge on any atom is 0.343 e. The van der Waals surface area contributed by atoms with Crippen molar-refractivity contribution in [2.24, 2.45) is 0 Å². The number of methoxy groups -OCH3 is 2. The molecular formula is C20H21NO6. The van der Waals surface area contributed by atoms with Crippen LogP contribution in [0.2, 0.25) is 0 Å². The van der Waals surface area contributed by atoms with Gasteiger partial charge in [0.15, 0.2) is 24.4 Å². The first-order valence-electron chi connectivity index (χ1n) is 8.16. The Morgan fingerprint density at radius 3 is 2.26 bits per heavy atom. The minimum atomic E-state index is -0.857. The van der Waals surface area contributed by atoms with E-state index in [1.807, 2.05) is 32.0 Å². The van der Waals surface area contributed by atoms with Crippen LogP contribution >= 0.6 is 0 Å². The number of nitrogens with one attached hydrogen (secondary N) is 1. The van der Waals surface area contributed by atoms with Crippen LogP contribution in [-0.4, -0.2) is 39.0 Å². The first kappa shape index (κ1) is 20.0. The second-order valence-corrected chi connectivity index (χ2v) is 5.77. The van der Waals surface area contributed by atoms with Crippen molar-refractivity contribution in [1.82, 2.24) is 0 Å². The third kappa shape index (κ3) is 4.44. The van der Waals surface area contributed by atoms with Gasteiger partial charge < -0.3 is 19.5 Å². The van der Waals surface area contributed by atoms with Gasteiger partial charge in [-0.15, -0.1) is 0 Å². The lowest BCUT2D eigenvalue weighted by Crippen LogP contribution is -2.22. The lowest BCUT2D eigenvalue weighted by atomic mass is 10.1. The number of amides is 1. The summed E-state index contributed by atoms with van der Waals surface area (Å²) < 4.78 is 15.4. The normalized spacial score (nSPS) is 10.1. The summed E-state index contributed by atoms with van der Waals surface area (Å²) in [4.78, 5) is 35.9. The molecule has 0 radical (unpaired) electrons. The van der Waals surface area contributed by atoms with Gasteiger partial charge >= 0.3 is 5.97 Å². The van der Waals surface area contributed by atoms with Crippen molar-refractivity contribution in [2.45, 2.75) is 13.8 Å². The monoisotopic (exact) mass is 371 g/mol. The quantitative estimate of drug-likeness (QED) is 0.594. The maximum atomic E-state index is 12.5. The average molecular weight is 371 g/mol. The van der Waals surface area contributed by atoms with E-state index >= 15 is 0 Å². The van der Waals surface area contributed by atoms with Crippen LogP contribution in [0.3, 0.4) is 0 Å². The SMILES string of the molecule is COc1ccc(C=O)c(C(=O)OCC(=O)Nc2c(C)cccc2C)c1OC. The predicted molar refractivity (Wildman–Crippen MR) is 99.8 cm³/mol. The van der Waals surface area contributed by atoms with Crippen LogP contribution in [0.25, 0.3) is 0 Å². The molecule has 7 heteroatoms. The van der Waals surface area contributed by atoms with Crippen molar-refractivity contribution in [3.8, 4) is 11.5 Å². The fraction of sp³-hybridized carbons (Fsp3) is 0.250. The van der Waals surface area contributed by atoms with Gasteiger partial charge in [-0.05, 0) is 37.1 Å². The van der Waals surface area contributed by atoms with Gasteiger partial charge in [-0.3, -0.25) is 9.59 Å². The van der Waals surface area contributed by atoms with Crippen molar-refractivity contribution in [3.05, 3.63) is 52.6 Å². The smallest absolute Gasteiger partial charge is 0.343 e. The van der Waals surface area contributed by atoms with Crippen LogP contribution in [0, 0.1) is 13.8 Å². The van der Waals surface area contributed by atoms with E-state index in [9.17, 15) is 14.4 Å². The summed E-state index contributed by atoms with van der Waals surface area (Å²) in [5.74, 6) is -1.00. The van der Waals surface area contributed by atoms with Gasteiger partial charge in [0.05, 0.1) is 14.2 Å². The fourth-order valence-corrected chi connectivity index (χ4v) is 2.64. The zero-order valence-electron chi connectivity index (χ0n) is 15.6. The molecule has 142 valence electrons. The molecular weight excluding hydrogens is 350 g/mol. The molecule has 0 atom stereocenters. The number of carbonyl (C=O) groups is 3. The fourth-order valence-electron chi connectivity index (χ4n) is 2.64. The standard InChI is InChI=1S/C20H21NO6/c1-12-6-5-7-13(2)18(12)21-16(23)11-27-20(24)17-14(10-22)8-9-15(25-3)19(17)26-4/h5-10H,11H2,1-4H3,(H,21,23). The molecule has 0 heterocycles. The summed E-state index contributed by atoms with van der Waals surface area (Å²) in [6, 6.07) is 8.54. The van der Waals surface area contributed by atoms with Gasteiger partial charge in [-0.1, -0.05) is 18.2 Å². The number of para-hydroxylation sites is 1. The summed E-state index contributed by atoms with van der Waals surface area (Å²) in [6.07, 6.45) is 0.509. The van der Waals surface area contributed by atoms with Crippen LogP contribution in [0.5, 0.6) is 11.5 Å². The molecule has 27 heavy (non-hydrogen) atoms. The number of anilines is 1. The van der Waals surface area contributed by atoms with Gasteiger partial charge in [0.25, 0.3) is 5.91 Å². The zero-order chi connectivity index (χ0) is 20.0. The van der Waals surface area contributed by atoms with Gasteiger partial charge in [-0.25, -0.2) is 4.79 Å². The minimum Gasteiger partial charge on any atom is -0.493 e. The molecule has 0 aliphatic carbocycles. The molecule has 1 N–H and O–H groups in total. The first-order valence-corrected chi connectivity index (χ1v) is 8.16. The van der Waals surface area contributed by atoms with Crippen LogP contribution in [0.1, 0.15) is 31.8 Å². The number of esters is 1. The molecule has 0 aliphatic rings. The van der Waals surface area contributed by atoms with Crippen molar-refractivity contribution in [2.75, 3.05) is 26.1 Å². The Morgan fingerprint density at radius 2 is 1.70 bits per heavy atom. The number of hydrogen-bond donors (Lipinski definition) is 1. The Labute approximate surface area is 157 Å². The minimum absolute atomic E-state index is 0.0715. The molecule has 0 saturated carbocycles. The van der Waals surface area contributed by atoms with Crippen LogP contribution in [0.4, 0.5) is 5.69 Å². The third-order valence-electron chi connectivity index (χ3n) is 3.99. The number of ether oxygens (including phenoxy) is 3. The maximum absolute atomic E-state index is 12.5. The Hall–Kier alpha value is -3.35. The molecule has 0 spiro atoms. The topological polar surface area (TPSA) is 90.9 Å². The Balaban J connectivity index is 2.16. The highest BCUT2D eigenvalue weighted by molar-refractivity contribution is 6.03. The van der Waals surface area contributed by atoms with E-state index in [0.717, 1.165) is 11.1 Å². The highest BCUT2D eigenvalue weighted by atomic mass is 16.5. The Bertz CT molecular complexity index is 855. The Morgan fingerprint density at radius 1 is 1.04 bits per heavy atom. The van der Waals surface area contributed by atoms with E-state index in [4.69, 9.17) is 14.2 Å². The highest BCUT2D eigenvalue weighted by Crippen LogP contribution is 2.33. The van der Waals surface area contributed by atoms with Crippen molar-refractivity contribution < 1.29 is 28.6 Å². The molecule has 1 amide bonds. The molecule has 2 aromatic carbocycles. The van der Waals surface area contributed by atoms with Crippen molar-refractivity contribution >= 4 is 23.9 Å². The Kier molecular flexibility index (Phi) is 6.54. The lowest BCUT2D eigenvalue weighted by molar-refractivity contribution is -0.119. The third-order valence-corrected chi connectivity index (χ3v) is 3.99. The van der Waals surface area contributed by atoms with Crippen LogP contribution < -0.4 is 14.8 Å². The number of carbonyl (C=O) groups excluding carboxylic acids is 3. The molecule has 0 bridgehead atoms. The summed E-state index contributed by atoms with van der Waals surface area (Å²) in [5, 5.41) is 2.72. The zero-order valence-corrected chi connectivity index (χ0v) is 15.6. The van der Waals surface area contributed by atoms with Crippen molar-refractivity contribution in [1.29, 1.82) is 0 Å². The number of hydrogen-bond acceptors (Lipinski definition) is 6. The molecule has 7 nitrogen and oxygen atoms in total. The summed E-state index contributed by atoms with van der Waals surface area (Å²) in [7, 11) is 2.75. The van der Waals surface area contributed by atoms with Gasteiger partial charge in [0.1, 0.15) is 5.56 Å². The molecule has 0 aromatic heterocycles. The second kappa shape index (κ2) is 8.84. The largest absolute Gasteiger partial charge is 0.493 e. The van der Waals surface area contributed by atoms with E-state index < -0.39 is 18.5 Å². The summed E-state index contributed by atoms with van der Waals surface area (Å²) in [5.41, 5.74) is 2.45. The lowest BCUT2D eigenvalue weighted by Gasteiger charge is -2.14. The number of benzene rings is 2. The molecule has 2 rings (SSSR count). The van der Waals surface area contributed by atoms with Gasteiger partial charge in [-0.2, -0.15) is 0 Å². The molecule has 0 fully saturated rings. The summed E-state index contributed by atoms with van der Waals surface area (Å²) in [6.45, 7) is 3.23. The molecule has 0 aliphatic heterocycles. The number of rotatable bonds is 7. The molecule has 0 unspecified atom stereocenters. The first-order chi connectivity index (χ1) is 12.9. The van der Waals surface area contributed by atoms with Crippen LogP contribution in [0.15, 0.2) is 30.3 Å². The van der Waals surface area contributed by atoms with E-state index in [1.54, 1.807) is 0 Å². The number of aryl methyl sites for hydroxylation is 2. The van der Waals surface area contributed by atoms with Crippen LogP contribution in [-0.2, 0) is 9.53 Å². The second-order valence-electron chi connectivity index (χ2n) is 5.77. The highest BCUT2D eigenvalue weighted by Gasteiger charge is 2.23. The predicted octanol–water partition coefficient (Wildman–Crippen LogP) is 2.93. The summed E-state index contributed by atoms with van der Waals surface area (Å²) >= 11 is 0. The van der Waals surface area contributed by atoms with E-state index in [0.29, 0.717) is 12.0 Å². The number of aldehydes is 1. The van der Waals surface area contributed by atoms with E-state index in [-0.39, 0.29) is 22.6 Å². The molecule has 2 aromatic rings. The molecule has 0 saturated heterocycles. The van der Waals surface area contributed by atoms with E-state index in [2.05, 4.69) is 5.32 Å².